The van der Waals surface area contributed by atoms with E-state index in [1.807, 2.05) is 6.07 Å². The third-order valence-corrected chi connectivity index (χ3v) is 3.33. The first-order valence-corrected chi connectivity index (χ1v) is 8.07. The molecular formula is C17H31NO2. The maximum atomic E-state index is 5.74. The maximum Gasteiger partial charge on any atom is 0.123 e. The summed E-state index contributed by atoms with van der Waals surface area (Å²) < 4.78 is 11.3. The summed E-state index contributed by atoms with van der Waals surface area (Å²) in [6.07, 6.45) is 8.17. The first-order valence-electron chi connectivity index (χ1n) is 8.07. The Labute approximate surface area is 124 Å². The Bertz CT molecular complexity index is 333. The second kappa shape index (κ2) is 10.9. The molecule has 0 saturated carbocycles. The molecule has 0 aliphatic heterocycles. The van der Waals surface area contributed by atoms with Crippen LogP contribution in [0.1, 0.15) is 64.2 Å². The van der Waals surface area contributed by atoms with Gasteiger partial charge in [-0.2, -0.15) is 0 Å². The second-order valence-corrected chi connectivity index (χ2v) is 5.86. The van der Waals surface area contributed by atoms with Crippen molar-refractivity contribution in [2.24, 2.45) is 5.92 Å². The zero-order valence-electron chi connectivity index (χ0n) is 13.4. The lowest BCUT2D eigenvalue weighted by atomic mass is 10.2. The molecule has 0 bridgehead atoms. The van der Waals surface area contributed by atoms with Crippen molar-refractivity contribution in [1.29, 1.82) is 0 Å². The molecule has 0 fully saturated rings. The molecule has 0 atom stereocenters. The fraction of sp³-hybridized carbons (Fsp3) is 0.765. The van der Waals surface area contributed by atoms with Gasteiger partial charge in [-0.1, -0.05) is 46.5 Å². The number of nitrogens with one attached hydrogen (secondary N) is 1. The second-order valence-electron chi connectivity index (χ2n) is 5.86. The van der Waals surface area contributed by atoms with Crippen molar-refractivity contribution in [2.45, 2.75) is 66.0 Å². The minimum atomic E-state index is 0.660. The molecular weight excluding hydrogens is 250 g/mol. The largest absolute Gasteiger partial charge is 0.468 e. The van der Waals surface area contributed by atoms with Crippen molar-refractivity contribution in [3.63, 3.8) is 0 Å². The molecule has 3 heteroatoms. The number of hydrogen-bond acceptors (Lipinski definition) is 3. The van der Waals surface area contributed by atoms with E-state index in [-0.39, 0.29) is 0 Å². The summed E-state index contributed by atoms with van der Waals surface area (Å²) in [5.74, 6) is 1.67. The molecule has 0 aliphatic rings. The Morgan fingerprint density at radius 3 is 2.75 bits per heavy atom. The van der Waals surface area contributed by atoms with Gasteiger partial charge < -0.3 is 14.5 Å². The van der Waals surface area contributed by atoms with Crippen molar-refractivity contribution in [3.05, 3.63) is 23.7 Å². The predicted octanol–water partition coefficient (Wildman–Crippen LogP) is 4.51. The molecule has 1 aromatic rings. The highest BCUT2D eigenvalue weighted by molar-refractivity contribution is 5.15. The van der Waals surface area contributed by atoms with Gasteiger partial charge in [0, 0.05) is 12.2 Å². The summed E-state index contributed by atoms with van der Waals surface area (Å²) in [6, 6.07) is 2.02. The lowest BCUT2D eigenvalue weighted by Gasteiger charge is -2.08. The molecule has 0 aliphatic carbocycles. The quantitative estimate of drug-likeness (QED) is 0.572. The molecule has 1 heterocycles. The Morgan fingerprint density at radius 1 is 1.20 bits per heavy atom. The molecule has 0 amide bonds. The number of ether oxygens (including phenoxy) is 1. The summed E-state index contributed by atoms with van der Waals surface area (Å²) in [5, 5.41) is 3.40. The van der Waals surface area contributed by atoms with Crippen LogP contribution in [0.3, 0.4) is 0 Å². The van der Waals surface area contributed by atoms with Crippen LogP contribution in [0.4, 0.5) is 0 Å². The van der Waals surface area contributed by atoms with E-state index in [1.54, 1.807) is 6.26 Å². The zero-order chi connectivity index (χ0) is 14.6. The van der Waals surface area contributed by atoms with Crippen LogP contribution in [0.2, 0.25) is 0 Å². The van der Waals surface area contributed by atoms with E-state index in [1.165, 1.54) is 37.7 Å². The van der Waals surface area contributed by atoms with Gasteiger partial charge in [0.1, 0.15) is 5.76 Å². The van der Waals surface area contributed by atoms with Crippen molar-refractivity contribution in [1.82, 2.24) is 5.32 Å². The predicted molar refractivity (Wildman–Crippen MR) is 83.7 cm³/mol. The lowest BCUT2D eigenvalue weighted by Crippen LogP contribution is -2.19. The highest BCUT2D eigenvalue weighted by Crippen LogP contribution is 2.12. The summed E-state index contributed by atoms with van der Waals surface area (Å²) in [5.41, 5.74) is 1.18. The summed E-state index contributed by atoms with van der Waals surface area (Å²) in [7, 11) is 0. The smallest absolute Gasteiger partial charge is 0.123 e. The Morgan fingerprint density at radius 2 is 2.00 bits per heavy atom. The van der Waals surface area contributed by atoms with Gasteiger partial charge in [0.05, 0.1) is 19.4 Å². The van der Waals surface area contributed by atoms with E-state index >= 15 is 0 Å². The van der Waals surface area contributed by atoms with Crippen LogP contribution < -0.4 is 5.32 Å². The summed E-state index contributed by atoms with van der Waals surface area (Å²) in [4.78, 5) is 0. The van der Waals surface area contributed by atoms with Crippen molar-refractivity contribution in [2.75, 3.05) is 13.2 Å². The normalized spacial score (nSPS) is 11.4. The summed E-state index contributed by atoms with van der Waals surface area (Å²) in [6.45, 7) is 9.98. The van der Waals surface area contributed by atoms with Crippen LogP contribution in [0, 0.1) is 5.92 Å². The minimum Gasteiger partial charge on any atom is -0.468 e. The zero-order valence-corrected chi connectivity index (χ0v) is 13.4. The first-order chi connectivity index (χ1) is 9.74. The summed E-state index contributed by atoms with van der Waals surface area (Å²) >= 11 is 0. The highest BCUT2D eigenvalue weighted by Gasteiger charge is 2.06. The van der Waals surface area contributed by atoms with Gasteiger partial charge in [-0.05, 0) is 24.9 Å². The van der Waals surface area contributed by atoms with Crippen molar-refractivity contribution < 1.29 is 9.15 Å². The molecule has 1 N–H and O–H groups in total. The van der Waals surface area contributed by atoms with Crippen molar-refractivity contribution >= 4 is 0 Å². The highest BCUT2D eigenvalue weighted by atomic mass is 16.5. The Kier molecular flexibility index (Phi) is 9.42. The SMILES string of the molecule is CCCCCCCOCc1ccoc1CNCC(C)C. The molecule has 0 spiro atoms. The Balaban J connectivity index is 2.12. The molecule has 3 nitrogen and oxygen atoms in total. The molecule has 0 aromatic carbocycles. The van der Waals surface area contributed by atoms with Crippen LogP contribution in [-0.4, -0.2) is 13.2 Å². The number of unbranched alkanes of at least 4 members (excludes halogenated alkanes) is 4. The third-order valence-electron chi connectivity index (χ3n) is 3.33. The van der Waals surface area contributed by atoms with Gasteiger partial charge >= 0.3 is 0 Å². The lowest BCUT2D eigenvalue weighted by molar-refractivity contribution is 0.115. The minimum absolute atomic E-state index is 0.660. The molecule has 1 aromatic heterocycles. The van der Waals surface area contributed by atoms with Crippen LogP contribution in [-0.2, 0) is 17.9 Å². The van der Waals surface area contributed by atoms with Crippen LogP contribution in [0.25, 0.3) is 0 Å². The van der Waals surface area contributed by atoms with E-state index in [9.17, 15) is 0 Å². The monoisotopic (exact) mass is 281 g/mol. The maximum absolute atomic E-state index is 5.74. The molecule has 116 valence electrons. The molecule has 0 unspecified atom stereocenters. The fourth-order valence-electron chi connectivity index (χ4n) is 2.11. The van der Waals surface area contributed by atoms with Gasteiger partial charge in [-0.15, -0.1) is 0 Å². The molecule has 20 heavy (non-hydrogen) atoms. The van der Waals surface area contributed by atoms with Crippen molar-refractivity contribution in [3.8, 4) is 0 Å². The standard InChI is InChI=1S/C17H31NO2/c1-4-5-6-7-8-10-19-14-16-9-11-20-17(16)13-18-12-15(2)3/h9,11,15,18H,4-8,10,12-14H2,1-3H3. The van der Waals surface area contributed by atoms with Gasteiger partial charge in [-0.3, -0.25) is 0 Å². The van der Waals surface area contributed by atoms with E-state index in [4.69, 9.17) is 9.15 Å². The molecule has 0 saturated heterocycles. The third kappa shape index (κ3) is 7.71. The number of furan rings is 1. The molecule has 0 radical (unpaired) electrons. The van der Waals surface area contributed by atoms with Gasteiger partial charge in [-0.25, -0.2) is 0 Å². The molecule has 1 rings (SSSR count). The van der Waals surface area contributed by atoms with E-state index in [0.717, 1.165) is 25.5 Å². The van der Waals surface area contributed by atoms with Crippen LogP contribution >= 0.6 is 0 Å². The number of hydrogen-bond donors (Lipinski definition) is 1. The Hall–Kier alpha value is -0.800. The first kappa shape index (κ1) is 17.3. The van der Waals surface area contributed by atoms with E-state index < -0.39 is 0 Å². The van der Waals surface area contributed by atoms with Gasteiger partial charge in [0.2, 0.25) is 0 Å². The van der Waals surface area contributed by atoms with E-state index in [2.05, 4.69) is 26.1 Å². The van der Waals surface area contributed by atoms with E-state index in [0.29, 0.717) is 12.5 Å². The topological polar surface area (TPSA) is 34.4 Å². The van der Waals surface area contributed by atoms with Gasteiger partial charge in [0.25, 0.3) is 0 Å². The fourth-order valence-corrected chi connectivity index (χ4v) is 2.11. The number of rotatable bonds is 12. The van der Waals surface area contributed by atoms with Crippen LogP contribution in [0.5, 0.6) is 0 Å². The average molecular weight is 281 g/mol. The average Bonchev–Trinajstić information content (AvgIpc) is 2.85. The van der Waals surface area contributed by atoms with Crippen LogP contribution in [0.15, 0.2) is 16.7 Å². The van der Waals surface area contributed by atoms with Gasteiger partial charge in [0.15, 0.2) is 0 Å².